The molecule has 0 fully saturated rings. The number of carbonyl (C=O) groups is 1. The van der Waals surface area contributed by atoms with E-state index in [1.807, 2.05) is 0 Å². The van der Waals surface area contributed by atoms with Crippen molar-refractivity contribution in [2.24, 2.45) is 0 Å². The summed E-state index contributed by atoms with van der Waals surface area (Å²) in [6, 6.07) is 0. The van der Waals surface area contributed by atoms with Crippen molar-refractivity contribution >= 4 is 6.09 Å². The van der Waals surface area contributed by atoms with Gasteiger partial charge < -0.3 is 19.8 Å². The van der Waals surface area contributed by atoms with Gasteiger partial charge in [0.05, 0.1) is 13.2 Å². The molecule has 2 N–H and O–H groups in total. The third kappa shape index (κ3) is 6.97. The first kappa shape index (κ1) is 14.0. The highest BCUT2D eigenvalue weighted by Gasteiger charge is 2.30. The highest BCUT2D eigenvalue weighted by Crippen LogP contribution is 2.14. The molecule has 0 heterocycles. The van der Waals surface area contributed by atoms with Crippen molar-refractivity contribution in [1.82, 2.24) is 4.90 Å². The van der Waals surface area contributed by atoms with E-state index in [4.69, 9.17) is 10.2 Å². The van der Waals surface area contributed by atoms with E-state index in [2.05, 4.69) is 4.74 Å². The molecule has 0 rings (SSSR count). The summed E-state index contributed by atoms with van der Waals surface area (Å²) in [5.41, 5.74) is 0. The number of amides is 1. The predicted octanol–water partition coefficient (Wildman–Crippen LogP) is -0.0281. The normalized spacial score (nSPS) is 11.3. The molecule has 0 saturated heterocycles. The second-order valence-electron chi connectivity index (χ2n) is 2.60. The number of aliphatic hydroxyl groups is 2. The van der Waals surface area contributed by atoms with Crippen molar-refractivity contribution in [3.63, 3.8) is 0 Å². The van der Waals surface area contributed by atoms with Crippen molar-refractivity contribution in [1.29, 1.82) is 0 Å². The van der Waals surface area contributed by atoms with Crippen LogP contribution in [0.15, 0.2) is 0 Å². The number of nitrogens with zero attached hydrogens (tertiary/aromatic N) is 1. The summed E-state index contributed by atoms with van der Waals surface area (Å²) in [7, 11) is 0. The van der Waals surface area contributed by atoms with E-state index in [9.17, 15) is 18.0 Å². The van der Waals surface area contributed by atoms with Gasteiger partial charge in [-0.3, -0.25) is 0 Å². The Morgan fingerprint density at radius 1 is 1.20 bits per heavy atom. The van der Waals surface area contributed by atoms with Gasteiger partial charge in [0.2, 0.25) is 0 Å². The van der Waals surface area contributed by atoms with Gasteiger partial charge in [0, 0.05) is 13.1 Å². The second-order valence-corrected chi connectivity index (χ2v) is 2.60. The van der Waals surface area contributed by atoms with Crippen LogP contribution in [-0.4, -0.2) is 60.3 Å². The molecule has 5 nitrogen and oxygen atoms in total. The molecule has 0 atom stereocenters. The van der Waals surface area contributed by atoms with Crippen LogP contribution in [0.3, 0.4) is 0 Å². The zero-order valence-electron chi connectivity index (χ0n) is 7.83. The van der Waals surface area contributed by atoms with Crippen LogP contribution in [0.4, 0.5) is 18.0 Å². The number of carbonyl (C=O) groups excluding carboxylic acids is 1. The quantitative estimate of drug-likeness (QED) is 0.697. The number of hydrogen-bond donors (Lipinski definition) is 2. The third-order valence-electron chi connectivity index (χ3n) is 1.36. The van der Waals surface area contributed by atoms with Crippen LogP contribution >= 0.6 is 0 Å². The summed E-state index contributed by atoms with van der Waals surface area (Å²) in [6.45, 7) is -2.88. The Balaban J connectivity index is 4.02. The fourth-order valence-electron chi connectivity index (χ4n) is 0.771. The molecule has 0 aliphatic carbocycles. The lowest BCUT2D eigenvalue weighted by atomic mass is 10.5. The van der Waals surface area contributed by atoms with Gasteiger partial charge in [0.1, 0.15) is 0 Å². The molecule has 0 bridgehead atoms. The van der Waals surface area contributed by atoms with Gasteiger partial charge in [-0.25, -0.2) is 4.79 Å². The average molecular weight is 231 g/mol. The van der Waals surface area contributed by atoms with E-state index in [0.29, 0.717) is 0 Å². The van der Waals surface area contributed by atoms with Crippen molar-refractivity contribution in [2.45, 2.75) is 6.18 Å². The Morgan fingerprint density at radius 2 is 1.67 bits per heavy atom. The minimum atomic E-state index is -4.58. The fraction of sp³-hybridized carbons (Fsp3) is 0.857. The average Bonchev–Trinajstić information content (AvgIpc) is 2.13. The predicted molar refractivity (Wildman–Crippen MR) is 43.1 cm³/mol. The van der Waals surface area contributed by atoms with Gasteiger partial charge in [-0.1, -0.05) is 0 Å². The number of ether oxygens (including phenoxy) is 1. The maximum atomic E-state index is 11.7. The van der Waals surface area contributed by atoms with Crippen molar-refractivity contribution in [2.75, 3.05) is 32.9 Å². The molecule has 0 unspecified atom stereocenters. The molecule has 90 valence electrons. The monoisotopic (exact) mass is 231 g/mol. The van der Waals surface area contributed by atoms with Crippen LogP contribution in [0.1, 0.15) is 0 Å². The largest absolute Gasteiger partial charge is 0.440 e. The van der Waals surface area contributed by atoms with E-state index < -0.39 is 32.1 Å². The Labute approximate surface area is 84.0 Å². The Hall–Kier alpha value is -1.02. The minimum absolute atomic E-state index is 0.183. The molecule has 8 heteroatoms. The second kappa shape index (κ2) is 6.46. The van der Waals surface area contributed by atoms with Crippen molar-refractivity contribution in [3.8, 4) is 0 Å². The minimum Gasteiger partial charge on any atom is -0.440 e. The first-order valence-electron chi connectivity index (χ1n) is 4.11. The smallest absolute Gasteiger partial charge is 0.422 e. The van der Waals surface area contributed by atoms with Crippen molar-refractivity contribution < 1.29 is 32.9 Å². The van der Waals surface area contributed by atoms with Crippen LogP contribution in [0, 0.1) is 0 Å². The first-order valence-corrected chi connectivity index (χ1v) is 4.11. The standard InChI is InChI=1S/C7H12F3NO4/c8-7(9,10)5-15-6(14)11(1-3-12)2-4-13/h12-13H,1-5H2. The summed E-state index contributed by atoms with van der Waals surface area (Å²) >= 11 is 0. The summed E-state index contributed by atoms with van der Waals surface area (Å²) in [5.74, 6) is 0. The van der Waals surface area contributed by atoms with E-state index >= 15 is 0 Å². The van der Waals surface area contributed by atoms with E-state index in [1.54, 1.807) is 0 Å². The fourth-order valence-corrected chi connectivity index (χ4v) is 0.771. The molecule has 0 aromatic carbocycles. The van der Waals surface area contributed by atoms with Crippen LogP contribution in [-0.2, 0) is 4.74 Å². The molecular formula is C7H12F3NO4. The maximum Gasteiger partial charge on any atom is 0.422 e. The molecule has 0 aromatic rings. The lowest BCUT2D eigenvalue weighted by molar-refractivity contribution is -0.162. The molecule has 0 spiro atoms. The Bertz CT molecular complexity index is 191. The van der Waals surface area contributed by atoms with Crippen LogP contribution in [0.25, 0.3) is 0 Å². The summed E-state index contributed by atoms with van der Waals surface area (Å²) in [5, 5.41) is 17.0. The lowest BCUT2D eigenvalue weighted by Gasteiger charge is -2.20. The van der Waals surface area contributed by atoms with Crippen LogP contribution in [0.2, 0.25) is 0 Å². The summed E-state index contributed by atoms with van der Waals surface area (Å²) in [4.78, 5) is 11.7. The van der Waals surface area contributed by atoms with Crippen molar-refractivity contribution in [3.05, 3.63) is 0 Å². The van der Waals surface area contributed by atoms with E-state index in [0.717, 1.165) is 4.90 Å². The van der Waals surface area contributed by atoms with Gasteiger partial charge in [-0.2, -0.15) is 13.2 Å². The maximum absolute atomic E-state index is 11.7. The Kier molecular flexibility index (Phi) is 6.02. The van der Waals surface area contributed by atoms with Crippen LogP contribution < -0.4 is 0 Å². The van der Waals surface area contributed by atoms with E-state index in [1.165, 1.54) is 0 Å². The van der Waals surface area contributed by atoms with Gasteiger partial charge in [0.25, 0.3) is 0 Å². The molecule has 15 heavy (non-hydrogen) atoms. The lowest BCUT2D eigenvalue weighted by Crippen LogP contribution is -2.37. The molecule has 0 radical (unpaired) electrons. The van der Waals surface area contributed by atoms with Gasteiger partial charge >= 0.3 is 12.3 Å². The van der Waals surface area contributed by atoms with Gasteiger partial charge in [-0.05, 0) is 0 Å². The molecule has 0 aromatic heterocycles. The highest BCUT2D eigenvalue weighted by molar-refractivity contribution is 5.67. The zero-order valence-corrected chi connectivity index (χ0v) is 7.83. The zero-order chi connectivity index (χ0) is 11.9. The number of halogens is 3. The van der Waals surface area contributed by atoms with E-state index in [-0.39, 0.29) is 13.1 Å². The number of alkyl halides is 3. The molecule has 0 aliphatic rings. The third-order valence-corrected chi connectivity index (χ3v) is 1.36. The SMILES string of the molecule is O=C(OCC(F)(F)F)N(CCO)CCO. The molecule has 0 aliphatic heterocycles. The summed E-state index contributed by atoms with van der Waals surface area (Å²) in [6.07, 6.45) is -5.80. The van der Waals surface area contributed by atoms with Gasteiger partial charge in [-0.15, -0.1) is 0 Å². The first-order chi connectivity index (χ1) is 6.90. The molecule has 0 saturated carbocycles. The number of aliphatic hydroxyl groups excluding tert-OH is 2. The Morgan fingerprint density at radius 3 is 2.00 bits per heavy atom. The van der Waals surface area contributed by atoms with Crippen LogP contribution in [0.5, 0.6) is 0 Å². The number of rotatable bonds is 5. The molecule has 1 amide bonds. The topological polar surface area (TPSA) is 70.0 Å². The van der Waals surface area contributed by atoms with Gasteiger partial charge in [0.15, 0.2) is 6.61 Å². The highest BCUT2D eigenvalue weighted by atomic mass is 19.4. The molecular weight excluding hydrogens is 219 g/mol. The number of hydrogen-bond acceptors (Lipinski definition) is 4. The summed E-state index contributed by atoms with van der Waals surface area (Å²) < 4.78 is 38.9.